The molecule has 2 saturated heterocycles. The molecular weight excluding hydrogens is 266 g/mol. The minimum absolute atomic E-state index is 0.110. The van der Waals surface area contributed by atoms with Crippen LogP contribution in [-0.4, -0.2) is 46.3 Å². The number of hydrogen-bond acceptors (Lipinski definition) is 3. The van der Waals surface area contributed by atoms with E-state index in [1.165, 1.54) is 44.9 Å². The molecule has 1 N–H and O–H groups in total. The van der Waals surface area contributed by atoms with E-state index in [4.69, 9.17) is 4.74 Å². The quantitative estimate of drug-likeness (QED) is 0.850. The van der Waals surface area contributed by atoms with Gasteiger partial charge in [0.05, 0.1) is 5.60 Å². The van der Waals surface area contributed by atoms with E-state index in [2.05, 4.69) is 4.90 Å². The number of ether oxygens (including phenoxy) is 1. The highest BCUT2D eigenvalue weighted by atomic mass is 16.5. The molecular formula is C17H27NO3. The van der Waals surface area contributed by atoms with Crippen LogP contribution in [-0.2, 0) is 9.53 Å². The van der Waals surface area contributed by atoms with Gasteiger partial charge in [0.15, 0.2) is 0 Å². The first-order valence-electron chi connectivity index (χ1n) is 8.83. The van der Waals surface area contributed by atoms with E-state index in [1.54, 1.807) is 0 Å². The van der Waals surface area contributed by atoms with Gasteiger partial charge < -0.3 is 9.84 Å². The molecule has 4 unspecified atom stereocenters. The van der Waals surface area contributed by atoms with Crippen LogP contribution in [0.4, 0.5) is 0 Å². The first-order valence-corrected chi connectivity index (χ1v) is 8.83. The number of carboxylic acids is 1. The van der Waals surface area contributed by atoms with Gasteiger partial charge in [-0.2, -0.15) is 0 Å². The molecule has 0 aromatic heterocycles. The molecule has 0 aromatic rings. The van der Waals surface area contributed by atoms with Crippen LogP contribution < -0.4 is 0 Å². The Bertz CT molecular complexity index is 420. The lowest BCUT2D eigenvalue weighted by molar-refractivity contribution is -0.162. The summed E-state index contributed by atoms with van der Waals surface area (Å²) in [4.78, 5) is 14.2. The number of likely N-dealkylation sites (tertiary alicyclic amines) is 1. The fourth-order valence-electron chi connectivity index (χ4n) is 5.42. The maximum Gasteiger partial charge on any atom is 0.320 e. The summed E-state index contributed by atoms with van der Waals surface area (Å²) >= 11 is 0. The van der Waals surface area contributed by atoms with Gasteiger partial charge in [-0.1, -0.05) is 12.8 Å². The maximum atomic E-state index is 11.8. The highest BCUT2D eigenvalue weighted by Crippen LogP contribution is 2.47. The summed E-state index contributed by atoms with van der Waals surface area (Å²) in [5.41, 5.74) is 0.110. The number of carbonyl (C=O) groups is 1. The molecule has 2 aliphatic heterocycles. The Labute approximate surface area is 126 Å². The lowest BCUT2D eigenvalue weighted by Gasteiger charge is -2.51. The van der Waals surface area contributed by atoms with Gasteiger partial charge in [-0.3, -0.25) is 9.69 Å². The van der Waals surface area contributed by atoms with Crippen LogP contribution in [0.5, 0.6) is 0 Å². The third-order valence-electron chi connectivity index (χ3n) is 6.58. The van der Waals surface area contributed by atoms with Gasteiger partial charge >= 0.3 is 5.97 Å². The van der Waals surface area contributed by atoms with Gasteiger partial charge in [0.2, 0.25) is 0 Å². The Morgan fingerprint density at radius 2 is 1.95 bits per heavy atom. The second-order valence-corrected chi connectivity index (χ2v) is 7.68. The summed E-state index contributed by atoms with van der Waals surface area (Å²) in [6.07, 6.45) is 11.6. The molecule has 4 aliphatic rings. The summed E-state index contributed by atoms with van der Waals surface area (Å²) in [6, 6.07) is 0.728. The van der Waals surface area contributed by atoms with Crippen molar-refractivity contribution < 1.29 is 14.6 Å². The van der Waals surface area contributed by atoms with E-state index in [1.807, 2.05) is 0 Å². The lowest BCUT2D eigenvalue weighted by atomic mass is 9.73. The predicted octanol–water partition coefficient (Wildman–Crippen LogP) is 2.81. The standard InChI is InChI=1S/C17H27NO3/c19-16(20)15-10-12-4-1-2-5-14(12)18(15)13-6-9-21-17(11-13)7-3-8-17/h12-15H,1-11H2,(H,19,20). The zero-order valence-corrected chi connectivity index (χ0v) is 12.8. The molecule has 0 amide bonds. The van der Waals surface area contributed by atoms with Crippen LogP contribution in [0.25, 0.3) is 0 Å². The molecule has 118 valence electrons. The molecule has 0 bridgehead atoms. The van der Waals surface area contributed by atoms with Crippen molar-refractivity contribution in [3.63, 3.8) is 0 Å². The molecule has 2 aliphatic carbocycles. The lowest BCUT2D eigenvalue weighted by Crippen LogP contribution is -2.56. The largest absolute Gasteiger partial charge is 0.480 e. The number of fused-ring (bicyclic) bond motifs is 1. The van der Waals surface area contributed by atoms with Gasteiger partial charge in [0.25, 0.3) is 0 Å². The Hall–Kier alpha value is -0.610. The fraction of sp³-hybridized carbons (Fsp3) is 0.941. The van der Waals surface area contributed by atoms with Crippen LogP contribution in [0.2, 0.25) is 0 Å². The third-order valence-corrected chi connectivity index (χ3v) is 6.58. The summed E-state index contributed by atoms with van der Waals surface area (Å²) in [7, 11) is 0. The first-order chi connectivity index (χ1) is 10.2. The topological polar surface area (TPSA) is 49.8 Å². The Morgan fingerprint density at radius 3 is 2.67 bits per heavy atom. The molecule has 2 heterocycles. The minimum Gasteiger partial charge on any atom is -0.480 e. The van der Waals surface area contributed by atoms with Crippen molar-refractivity contribution in [2.24, 2.45) is 5.92 Å². The first kappa shape index (κ1) is 14.0. The summed E-state index contributed by atoms with van der Waals surface area (Å²) in [5, 5.41) is 9.69. The van der Waals surface area contributed by atoms with Crippen LogP contribution in [0.3, 0.4) is 0 Å². The van der Waals surface area contributed by atoms with Crippen molar-refractivity contribution >= 4 is 5.97 Å². The predicted molar refractivity (Wildman–Crippen MR) is 79.2 cm³/mol. The average molecular weight is 293 g/mol. The summed E-state index contributed by atoms with van der Waals surface area (Å²) in [6.45, 7) is 0.824. The van der Waals surface area contributed by atoms with Gasteiger partial charge in [0, 0.05) is 18.7 Å². The van der Waals surface area contributed by atoms with Gasteiger partial charge in [-0.15, -0.1) is 0 Å². The molecule has 4 heteroatoms. The van der Waals surface area contributed by atoms with Crippen molar-refractivity contribution in [3.05, 3.63) is 0 Å². The highest BCUT2D eigenvalue weighted by molar-refractivity contribution is 5.74. The third kappa shape index (κ3) is 2.31. The van der Waals surface area contributed by atoms with Crippen LogP contribution in [0, 0.1) is 5.92 Å². The fourth-order valence-corrected chi connectivity index (χ4v) is 5.42. The molecule has 4 rings (SSSR count). The summed E-state index contributed by atoms with van der Waals surface area (Å²) in [5.74, 6) is 0.0265. The molecule has 4 atom stereocenters. The van der Waals surface area contributed by atoms with Crippen LogP contribution in [0.15, 0.2) is 0 Å². The monoisotopic (exact) mass is 293 g/mol. The second-order valence-electron chi connectivity index (χ2n) is 7.68. The number of nitrogens with zero attached hydrogens (tertiary/aromatic N) is 1. The Morgan fingerprint density at radius 1 is 1.14 bits per heavy atom. The Balaban J connectivity index is 1.56. The van der Waals surface area contributed by atoms with Gasteiger partial charge in [0.1, 0.15) is 6.04 Å². The van der Waals surface area contributed by atoms with Crippen molar-refractivity contribution in [2.45, 2.75) is 87.9 Å². The van der Waals surface area contributed by atoms with E-state index in [9.17, 15) is 9.90 Å². The van der Waals surface area contributed by atoms with Crippen molar-refractivity contribution in [1.29, 1.82) is 0 Å². The van der Waals surface area contributed by atoms with Crippen molar-refractivity contribution in [2.75, 3.05) is 6.61 Å². The Kier molecular flexibility index (Phi) is 3.49. The van der Waals surface area contributed by atoms with E-state index in [0.717, 1.165) is 25.9 Å². The molecule has 1 spiro atoms. The maximum absolute atomic E-state index is 11.8. The number of hydrogen-bond donors (Lipinski definition) is 1. The number of rotatable bonds is 2. The molecule has 0 aromatic carbocycles. The zero-order chi connectivity index (χ0) is 14.4. The number of aliphatic carboxylic acids is 1. The minimum atomic E-state index is -0.599. The zero-order valence-electron chi connectivity index (χ0n) is 12.8. The molecule has 0 radical (unpaired) electrons. The van der Waals surface area contributed by atoms with Gasteiger partial charge in [-0.05, 0) is 57.3 Å². The van der Waals surface area contributed by atoms with E-state index in [0.29, 0.717) is 18.0 Å². The second kappa shape index (κ2) is 5.24. The summed E-state index contributed by atoms with van der Waals surface area (Å²) < 4.78 is 6.05. The van der Waals surface area contributed by atoms with Crippen molar-refractivity contribution in [1.82, 2.24) is 4.90 Å². The average Bonchev–Trinajstić information content (AvgIpc) is 2.85. The highest BCUT2D eigenvalue weighted by Gasteiger charge is 2.51. The van der Waals surface area contributed by atoms with Gasteiger partial charge in [-0.25, -0.2) is 0 Å². The molecule has 21 heavy (non-hydrogen) atoms. The SMILES string of the molecule is O=C(O)C1CC2CCCCC2N1C1CCOC2(CCC2)C1. The molecule has 4 nitrogen and oxygen atoms in total. The van der Waals surface area contributed by atoms with Crippen LogP contribution in [0.1, 0.15) is 64.2 Å². The molecule has 4 fully saturated rings. The molecule has 2 saturated carbocycles. The van der Waals surface area contributed by atoms with Crippen LogP contribution >= 0.6 is 0 Å². The van der Waals surface area contributed by atoms with Crippen molar-refractivity contribution in [3.8, 4) is 0 Å². The smallest absolute Gasteiger partial charge is 0.320 e. The van der Waals surface area contributed by atoms with E-state index >= 15 is 0 Å². The van der Waals surface area contributed by atoms with E-state index in [-0.39, 0.29) is 11.6 Å². The van der Waals surface area contributed by atoms with E-state index < -0.39 is 5.97 Å². The normalized spacial score (nSPS) is 42.5. The number of carboxylic acid groups (broad SMARTS) is 1.